The van der Waals surface area contributed by atoms with Gasteiger partial charge in [-0.05, 0) is 50.1 Å². The van der Waals surface area contributed by atoms with E-state index < -0.39 is 10.0 Å². The van der Waals surface area contributed by atoms with Crippen LogP contribution in [-0.4, -0.2) is 38.3 Å². The van der Waals surface area contributed by atoms with Gasteiger partial charge in [-0.3, -0.25) is 4.79 Å². The maximum atomic E-state index is 13.0. The minimum absolute atomic E-state index is 0.0927. The predicted molar refractivity (Wildman–Crippen MR) is 101 cm³/mol. The Labute approximate surface area is 159 Å². The van der Waals surface area contributed by atoms with Crippen LogP contribution in [0.4, 0.5) is 5.69 Å². The van der Waals surface area contributed by atoms with Gasteiger partial charge in [0.25, 0.3) is 0 Å². The average molecular weight is 392 g/mol. The molecule has 0 aliphatic carbocycles. The highest BCUT2D eigenvalue weighted by molar-refractivity contribution is 7.89. The number of carbonyl (C=O) groups excluding carboxylic acids is 1. The fourth-order valence-corrected chi connectivity index (χ4v) is 4.72. The van der Waals surface area contributed by atoms with Crippen LogP contribution in [0.2, 0.25) is 0 Å². The Bertz CT molecular complexity index is 872. The zero-order valence-corrected chi connectivity index (χ0v) is 16.1. The molecule has 1 fully saturated rings. The van der Waals surface area contributed by atoms with Crippen LogP contribution in [0.3, 0.4) is 0 Å². The van der Waals surface area contributed by atoms with Crippen LogP contribution in [-0.2, 0) is 21.2 Å². The molecule has 1 aliphatic heterocycles. The minimum Gasteiger partial charge on any atom is -0.492 e. The first kappa shape index (κ1) is 19.4. The van der Waals surface area contributed by atoms with Crippen molar-refractivity contribution in [3.05, 3.63) is 42.4 Å². The van der Waals surface area contributed by atoms with Crippen molar-refractivity contribution in [3.63, 3.8) is 0 Å². The van der Waals surface area contributed by atoms with Crippen LogP contribution >= 0.6 is 0 Å². The van der Waals surface area contributed by atoms with Crippen LogP contribution in [0.5, 0.6) is 5.75 Å². The van der Waals surface area contributed by atoms with E-state index in [1.807, 2.05) is 6.07 Å². The van der Waals surface area contributed by atoms with Crippen LogP contribution in [0.1, 0.15) is 31.9 Å². The first-order valence-corrected chi connectivity index (χ1v) is 10.5. The van der Waals surface area contributed by atoms with Crippen molar-refractivity contribution >= 4 is 21.6 Å². The normalized spacial score (nSPS) is 15.0. The minimum atomic E-state index is -3.66. The van der Waals surface area contributed by atoms with Gasteiger partial charge < -0.3 is 14.5 Å². The first-order chi connectivity index (χ1) is 13.0. The smallest absolute Gasteiger partial charge is 0.246 e. The van der Waals surface area contributed by atoms with Crippen molar-refractivity contribution in [2.75, 3.05) is 25.0 Å². The Balaban J connectivity index is 1.77. The second-order valence-electron chi connectivity index (χ2n) is 6.33. The second kappa shape index (κ2) is 8.58. The molecule has 3 rings (SSSR count). The summed E-state index contributed by atoms with van der Waals surface area (Å²) in [6, 6.07) is 8.30. The van der Waals surface area contributed by atoms with Crippen LogP contribution in [0.25, 0.3) is 0 Å². The molecule has 0 radical (unpaired) electrons. The topological polar surface area (TPSA) is 88.8 Å². The molecule has 1 amide bonds. The number of hydrogen-bond donors (Lipinski definition) is 1. The van der Waals surface area contributed by atoms with Crippen molar-refractivity contribution in [2.45, 2.75) is 37.5 Å². The number of ether oxygens (including phenoxy) is 1. The maximum Gasteiger partial charge on any atom is 0.246 e. The van der Waals surface area contributed by atoms with Crippen molar-refractivity contribution in [1.82, 2.24) is 4.31 Å². The van der Waals surface area contributed by atoms with Crippen molar-refractivity contribution in [2.24, 2.45) is 0 Å². The van der Waals surface area contributed by atoms with E-state index in [4.69, 9.17) is 9.15 Å². The number of carbonyl (C=O) groups is 1. The number of aryl methyl sites for hydroxylation is 1. The molecule has 1 aromatic carbocycles. The number of rotatable bonds is 8. The fraction of sp³-hybridized carbons (Fsp3) is 0.421. The highest BCUT2D eigenvalue weighted by Gasteiger charge is 2.30. The van der Waals surface area contributed by atoms with Gasteiger partial charge in [0.1, 0.15) is 16.4 Å². The monoisotopic (exact) mass is 392 g/mol. The predicted octanol–water partition coefficient (Wildman–Crippen LogP) is 3.03. The van der Waals surface area contributed by atoms with Crippen LogP contribution < -0.4 is 10.1 Å². The van der Waals surface area contributed by atoms with Gasteiger partial charge in [-0.25, -0.2) is 8.42 Å². The Hall–Kier alpha value is -2.32. The summed E-state index contributed by atoms with van der Waals surface area (Å²) in [5, 5.41) is 2.76. The van der Waals surface area contributed by atoms with Crippen molar-refractivity contribution in [3.8, 4) is 5.75 Å². The molecule has 8 heteroatoms. The highest BCUT2D eigenvalue weighted by Crippen LogP contribution is 2.31. The van der Waals surface area contributed by atoms with Gasteiger partial charge in [-0.1, -0.05) is 0 Å². The molecule has 0 unspecified atom stereocenters. The summed E-state index contributed by atoms with van der Waals surface area (Å²) in [5.41, 5.74) is 0.431. The molecular weight excluding hydrogens is 368 g/mol. The molecule has 2 aromatic rings. The summed E-state index contributed by atoms with van der Waals surface area (Å²) in [5.74, 6) is 0.826. The summed E-state index contributed by atoms with van der Waals surface area (Å²) in [4.78, 5) is 12.3. The third kappa shape index (κ3) is 4.70. The Morgan fingerprint density at radius 2 is 2.04 bits per heavy atom. The summed E-state index contributed by atoms with van der Waals surface area (Å²) >= 11 is 0. The molecule has 1 aromatic heterocycles. The summed E-state index contributed by atoms with van der Waals surface area (Å²) < 4.78 is 38.1. The number of benzene rings is 1. The molecule has 0 saturated carbocycles. The Morgan fingerprint density at radius 1 is 1.26 bits per heavy atom. The quantitative estimate of drug-likeness (QED) is 0.746. The molecule has 2 heterocycles. The lowest BCUT2D eigenvalue weighted by Gasteiger charge is -2.19. The molecule has 146 valence electrons. The molecule has 0 atom stereocenters. The van der Waals surface area contributed by atoms with E-state index in [9.17, 15) is 13.2 Å². The third-order valence-corrected chi connectivity index (χ3v) is 6.31. The maximum absolute atomic E-state index is 13.0. The van der Waals surface area contributed by atoms with Gasteiger partial charge in [0.15, 0.2) is 0 Å². The summed E-state index contributed by atoms with van der Waals surface area (Å²) in [6.45, 7) is 3.18. The van der Waals surface area contributed by atoms with E-state index in [0.29, 0.717) is 37.6 Å². The number of nitrogens with zero attached hydrogens (tertiary/aromatic N) is 1. The molecule has 0 spiro atoms. The fourth-order valence-electron chi connectivity index (χ4n) is 3.04. The van der Waals surface area contributed by atoms with Gasteiger partial charge in [-0.2, -0.15) is 4.31 Å². The van der Waals surface area contributed by atoms with Crippen LogP contribution in [0, 0.1) is 0 Å². The summed E-state index contributed by atoms with van der Waals surface area (Å²) in [7, 11) is -3.66. The average Bonchev–Trinajstić information content (AvgIpc) is 3.35. The number of amides is 1. The molecule has 1 N–H and O–H groups in total. The lowest BCUT2D eigenvalue weighted by Crippen LogP contribution is -2.28. The first-order valence-electron chi connectivity index (χ1n) is 9.10. The lowest BCUT2D eigenvalue weighted by molar-refractivity contribution is -0.116. The molecule has 27 heavy (non-hydrogen) atoms. The van der Waals surface area contributed by atoms with E-state index in [1.54, 1.807) is 31.4 Å². The number of anilines is 1. The van der Waals surface area contributed by atoms with Gasteiger partial charge in [0, 0.05) is 31.6 Å². The zero-order valence-electron chi connectivity index (χ0n) is 15.3. The largest absolute Gasteiger partial charge is 0.492 e. The molecule has 1 aliphatic rings. The number of sulfonamides is 1. The third-order valence-electron chi connectivity index (χ3n) is 4.39. The highest BCUT2D eigenvalue weighted by atomic mass is 32.2. The van der Waals surface area contributed by atoms with Crippen molar-refractivity contribution in [1.29, 1.82) is 0 Å². The van der Waals surface area contributed by atoms with E-state index >= 15 is 0 Å². The van der Waals surface area contributed by atoms with E-state index in [2.05, 4.69) is 5.32 Å². The Morgan fingerprint density at radius 3 is 2.70 bits per heavy atom. The number of nitrogens with one attached hydrogen (secondary N) is 1. The molecule has 7 nitrogen and oxygen atoms in total. The van der Waals surface area contributed by atoms with E-state index in [0.717, 1.165) is 18.6 Å². The second-order valence-corrected chi connectivity index (χ2v) is 8.24. The van der Waals surface area contributed by atoms with Gasteiger partial charge >= 0.3 is 0 Å². The standard InChI is InChI=1S/C19H24N2O5S/c1-2-25-17-9-7-15(20-19(22)10-8-16-6-5-13-26-16)14-18(17)27(23,24)21-11-3-4-12-21/h5-7,9,13-14H,2-4,8,10-12H2,1H3,(H,20,22). The molecule has 0 bridgehead atoms. The molecular formula is C19H24N2O5S. The number of hydrogen-bond acceptors (Lipinski definition) is 5. The van der Waals surface area contributed by atoms with Gasteiger partial charge in [0.05, 0.1) is 12.9 Å². The zero-order chi connectivity index (χ0) is 19.3. The van der Waals surface area contributed by atoms with Crippen LogP contribution in [0.15, 0.2) is 45.9 Å². The number of furan rings is 1. The van der Waals surface area contributed by atoms with E-state index in [-0.39, 0.29) is 17.2 Å². The molecule has 1 saturated heterocycles. The van der Waals surface area contributed by atoms with Gasteiger partial charge in [0.2, 0.25) is 15.9 Å². The summed E-state index contributed by atoms with van der Waals surface area (Å²) in [6.07, 6.45) is 4.00. The van der Waals surface area contributed by atoms with Gasteiger partial charge in [-0.15, -0.1) is 0 Å². The Kier molecular flexibility index (Phi) is 6.18. The SMILES string of the molecule is CCOc1ccc(NC(=O)CCc2ccco2)cc1S(=O)(=O)N1CCCC1. The lowest BCUT2D eigenvalue weighted by atomic mass is 10.2. The van der Waals surface area contributed by atoms with E-state index in [1.165, 1.54) is 10.4 Å². The van der Waals surface area contributed by atoms with Crippen molar-refractivity contribution < 1.29 is 22.4 Å².